The predicted molar refractivity (Wildman–Crippen MR) is 121 cm³/mol. The van der Waals surface area contributed by atoms with E-state index in [0.717, 1.165) is 22.4 Å². The van der Waals surface area contributed by atoms with Crippen LogP contribution in [0.15, 0.2) is 54.7 Å². The molecule has 31 heavy (non-hydrogen) atoms. The predicted octanol–water partition coefficient (Wildman–Crippen LogP) is 2.64. The maximum Gasteiger partial charge on any atom is 0.146 e. The van der Waals surface area contributed by atoms with Crippen LogP contribution < -0.4 is 21.5 Å². The van der Waals surface area contributed by atoms with Gasteiger partial charge in [-0.05, 0) is 53.9 Å². The molecule has 0 spiro atoms. The van der Waals surface area contributed by atoms with Crippen molar-refractivity contribution in [3.63, 3.8) is 0 Å². The van der Waals surface area contributed by atoms with Gasteiger partial charge in [0.15, 0.2) is 0 Å². The van der Waals surface area contributed by atoms with Gasteiger partial charge in [0.1, 0.15) is 29.7 Å². The Kier molecular flexibility index (Phi) is 6.84. The molecular formula is C23H26N6O2. The van der Waals surface area contributed by atoms with Crippen molar-refractivity contribution in [2.75, 3.05) is 5.32 Å². The second kappa shape index (κ2) is 9.73. The van der Waals surface area contributed by atoms with Gasteiger partial charge in [-0.2, -0.15) is 0 Å². The lowest BCUT2D eigenvalue weighted by atomic mass is 10.1. The fourth-order valence-corrected chi connectivity index (χ4v) is 3.11. The summed E-state index contributed by atoms with van der Waals surface area (Å²) in [6.07, 6.45) is 1.72. The van der Waals surface area contributed by atoms with E-state index >= 15 is 0 Å². The Balaban J connectivity index is 1.75. The number of anilines is 1. The third-order valence-corrected chi connectivity index (χ3v) is 4.91. The average molecular weight is 419 g/mol. The SMILES string of the molecule is Cc1c(CNc2ccc(C(=N)N)cc2)cnc(CO)c1OCc1cccc(C(=N)N)c1. The summed E-state index contributed by atoms with van der Waals surface area (Å²) < 4.78 is 6.02. The number of ether oxygens (including phenoxy) is 1. The molecule has 0 aliphatic rings. The fourth-order valence-electron chi connectivity index (χ4n) is 3.11. The highest BCUT2D eigenvalue weighted by Crippen LogP contribution is 2.27. The van der Waals surface area contributed by atoms with Gasteiger partial charge in [-0.15, -0.1) is 0 Å². The van der Waals surface area contributed by atoms with Crippen molar-refractivity contribution in [2.45, 2.75) is 26.7 Å². The van der Waals surface area contributed by atoms with E-state index in [2.05, 4.69) is 10.3 Å². The van der Waals surface area contributed by atoms with E-state index in [0.29, 0.717) is 29.1 Å². The van der Waals surface area contributed by atoms with E-state index in [1.54, 1.807) is 30.5 Å². The molecule has 0 atom stereocenters. The molecule has 0 aliphatic heterocycles. The molecule has 0 fully saturated rings. The number of nitrogens with one attached hydrogen (secondary N) is 3. The number of pyridine rings is 1. The molecule has 8 nitrogen and oxygen atoms in total. The van der Waals surface area contributed by atoms with Crippen LogP contribution in [0.25, 0.3) is 0 Å². The molecule has 3 rings (SSSR count). The topological polar surface area (TPSA) is 154 Å². The van der Waals surface area contributed by atoms with E-state index < -0.39 is 0 Å². The Bertz CT molecular complexity index is 1100. The molecule has 0 saturated carbocycles. The van der Waals surface area contributed by atoms with Gasteiger partial charge in [0.05, 0.1) is 6.61 Å². The molecule has 3 aromatic rings. The monoisotopic (exact) mass is 418 g/mol. The minimum Gasteiger partial charge on any atom is -0.487 e. The van der Waals surface area contributed by atoms with Gasteiger partial charge in [-0.3, -0.25) is 15.8 Å². The van der Waals surface area contributed by atoms with E-state index in [9.17, 15) is 5.11 Å². The standard InChI is InChI=1S/C23H26N6O2/c1-14-18(10-28-19-7-5-16(6-8-19)22(24)25)11-29-20(12-30)21(14)31-13-15-3-2-4-17(9-15)23(26)27/h2-9,11,28,30H,10,12-13H2,1H3,(H3,24,25)(H3,26,27). The number of hydrogen-bond acceptors (Lipinski definition) is 6. The highest BCUT2D eigenvalue weighted by Gasteiger charge is 2.13. The fraction of sp³-hybridized carbons (Fsp3) is 0.174. The van der Waals surface area contributed by atoms with Crippen molar-refractivity contribution in [2.24, 2.45) is 11.5 Å². The van der Waals surface area contributed by atoms with E-state index in [1.165, 1.54) is 0 Å². The van der Waals surface area contributed by atoms with Crippen molar-refractivity contribution in [1.82, 2.24) is 4.98 Å². The van der Waals surface area contributed by atoms with Gasteiger partial charge in [0.25, 0.3) is 0 Å². The Morgan fingerprint density at radius 3 is 2.42 bits per heavy atom. The summed E-state index contributed by atoms with van der Waals surface area (Å²) in [7, 11) is 0. The highest BCUT2D eigenvalue weighted by atomic mass is 16.5. The first-order valence-electron chi connectivity index (χ1n) is 9.71. The normalized spacial score (nSPS) is 10.5. The number of aromatic nitrogens is 1. The van der Waals surface area contributed by atoms with Crippen molar-refractivity contribution < 1.29 is 9.84 Å². The number of rotatable bonds is 9. The van der Waals surface area contributed by atoms with Gasteiger partial charge in [-0.1, -0.05) is 18.2 Å². The van der Waals surface area contributed by atoms with Crippen molar-refractivity contribution in [3.05, 3.63) is 88.2 Å². The van der Waals surface area contributed by atoms with Crippen LogP contribution in [0.2, 0.25) is 0 Å². The number of aliphatic hydroxyl groups excluding tert-OH is 1. The Labute approximate surface area is 180 Å². The summed E-state index contributed by atoms with van der Waals surface area (Å²) in [6, 6.07) is 14.6. The largest absolute Gasteiger partial charge is 0.487 e. The zero-order chi connectivity index (χ0) is 22.4. The van der Waals surface area contributed by atoms with Crippen LogP contribution >= 0.6 is 0 Å². The molecule has 0 aliphatic carbocycles. The van der Waals surface area contributed by atoms with Gasteiger partial charge in [0.2, 0.25) is 0 Å². The maximum absolute atomic E-state index is 9.70. The quantitative estimate of drug-likeness (QED) is 0.232. The second-order valence-corrected chi connectivity index (χ2v) is 7.09. The zero-order valence-electron chi connectivity index (χ0n) is 17.3. The Morgan fingerprint density at radius 2 is 1.77 bits per heavy atom. The van der Waals surface area contributed by atoms with Gasteiger partial charge in [-0.25, -0.2) is 0 Å². The first-order chi connectivity index (χ1) is 14.9. The second-order valence-electron chi connectivity index (χ2n) is 7.09. The smallest absolute Gasteiger partial charge is 0.146 e. The lowest BCUT2D eigenvalue weighted by molar-refractivity contribution is 0.252. The molecule has 0 amide bonds. The molecule has 0 radical (unpaired) electrons. The van der Waals surface area contributed by atoms with E-state index in [1.807, 2.05) is 31.2 Å². The van der Waals surface area contributed by atoms with Crippen LogP contribution in [-0.2, 0) is 19.8 Å². The van der Waals surface area contributed by atoms with Crippen molar-refractivity contribution in [3.8, 4) is 5.75 Å². The lowest BCUT2D eigenvalue weighted by Gasteiger charge is -2.17. The van der Waals surface area contributed by atoms with Crippen LogP contribution in [-0.4, -0.2) is 21.8 Å². The average Bonchev–Trinajstić information content (AvgIpc) is 2.77. The molecule has 2 aromatic carbocycles. The van der Waals surface area contributed by atoms with Crippen LogP contribution in [0.1, 0.15) is 33.5 Å². The maximum atomic E-state index is 9.70. The molecule has 8 heteroatoms. The summed E-state index contributed by atoms with van der Waals surface area (Å²) in [4.78, 5) is 4.35. The number of benzene rings is 2. The number of nitrogens with two attached hydrogens (primary N) is 2. The first-order valence-corrected chi connectivity index (χ1v) is 9.71. The summed E-state index contributed by atoms with van der Waals surface area (Å²) in [5.41, 5.74) is 16.4. The summed E-state index contributed by atoms with van der Waals surface area (Å²) in [5, 5.41) is 28.1. The van der Waals surface area contributed by atoms with Crippen molar-refractivity contribution >= 4 is 17.4 Å². The number of hydrogen-bond donors (Lipinski definition) is 6. The molecule has 1 heterocycles. The Morgan fingerprint density at radius 1 is 1.06 bits per heavy atom. The highest BCUT2D eigenvalue weighted by molar-refractivity contribution is 5.95. The minimum absolute atomic E-state index is 0.000140. The summed E-state index contributed by atoms with van der Waals surface area (Å²) in [6.45, 7) is 2.47. The number of nitrogen functional groups attached to an aromatic ring is 2. The Hall–Kier alpha value is -3.91. The van der Waals surface area contributed by atoms with Crippen LogP contribution in [0, 0.1) is 17.7 Å². The number of amidine groups is 2. The third-order valence-electron chi connectivity index (χ3n) is 4.91. The molecule has 0 saturated heterocycles. The van der Waals surface area contributed by atoms with Gasteiger partial charge < -0.3 is 26.6 Å². The first kappa shape index (κ1) is 21.8. The molecule has 1 aromatic heterocycles. The van der Waals surface area contributed by atoms with Crippen LogP contribution in [0.3, 0.4) is 0 Å². The van der Waals surface area contributed by atoms with E-state index in [4.69, 9.17) is 27.0 Å². The lowest BCUT2D eigenvalue weighted by Crippen LogP contribution is -2.12. The molecule has 8 N–H and O–H groups in total. The molecular weight excluding hydrogens is 392 g/mol. The summed E-state index contributed by atoms with van der Waals surface area (Å²) >= 11 is 0. The van der Waals surface area contributed by atoms with Gasteiger partial charge in [0, 0.05) is 29.6 Å². The minimum atomic E-state index is -0.232. The zero-order valence-corrected chi connectivity index (χ0v) is 17.3. The van der Waals surface area contributed by atoms with Crippen LogP contribution in [0.5, 0.6) is 5.75 Å². The van der Waals surface area contributed by atoms with Crippen molar-refractivity contribution in [1.29, 1.82) is 10.8 Å². The third kappa shape index (κ3) is 5.37. The molecule has 160 valence electrons. The van der Waals surface area contributed by atoms with Crippen LogP contribution in [0.4, 0.5) is 5.69 Å². The van der Waals surface area contributed by atoms with E-state index in [-0.39, 0.29) is 24.9 Å². The summed E-state index contributed by atoms with van der Waals surface area (Å²) in [5.74, 6) is 0.573. The molecule has 0 bridgehead atoms. The number of aliphatic hydroxyl groups is 1. The number of nitrogens with zero attached hydrogens (tertiary/aromatic N) is 1. The molecule has 0 unspecified atom stereocenters. The van der Waals surface area contributed by atoms with Gasteiger partial charge >= 0.3 is 0 Å².